The molecule has 0 saturated heterocycles. The van der Waals surface area contributed by atoms with Crippen LogP contribution in [0, 0.1) is 11.7 Å². The Morgan fingerprint density at radius 3 is 2.86 bits per heavy atom. The number of carbonyl (C=O) groups excluding carboxylic acids is 1. The van der Waals surface area contributed by atoms with Gasteiger partial charge >= 0.3 is 0 Å². The van der Waals surface area contributed by atoms with Gasteiger partial charge in [0.25, 0.3) is 11.5 Å². The molecule has 35 heavy (non-hydrogen) atoms. The van der Waals surface area contributed by atoms with Crippen molar-refractivity contribution < 1.29 is 27.1 Å². The summed E-state index contributed by atoms with van der Waals surface area (Å²) in [5.74, 6) is -0.949. The Labute approximate surface area is 205 Å². The van der Waals surface area contributed by atoms with E-state index in [1.165, 1.54) is 42.9 Å². The predicted molar refractivity (Wildman–Crippen MR) is 130 cm³/mol. The number of amides is 1. The fourth-order valence-corrected chi connectivity index (χ4v) is 6.32. The van der Waals surface area contributed by atoms with Crippen LogP contribution in [0.1, 0.15) is 41.0 Å². The second kappa shape index (κ2) is 10.4. The number of nitrogens with one attached hydrogen (secondary N) is 2. The zero-order valence-corrected chi connectivity index (χ0v) is 20.9. The molecule has 2 aromatic heterocycles. The molecule has 2 heterocycles. The SMILES string of the molecule is COc1cc(CNC(=O)c2nc3scc(COCC4CCC(S(C)(=O)=O)C4)c3c(=O)[nH]2)ccc1F. The fourth-order valence-electron chi connectivity index (χ4n) is 4.21. The normalized spacial score (nSPS) is 18.1. The maximum absolute atomic E-state index is 13.6. The summed E-state index contributed by atoms with van der Waals surface area (Å²) in [7, 11) is -1.68. The zero-order valence-electron chi connectivity index (χ0n) is 19.3. The van der Waals surface area contributed by atoms with E-state index in [0.717, 1.165) is 6.42 Å². The van der Waals surface area contributed by atoms with Crippen LogP contribution < -0.4 is 15.6 Å². The number of hydrogen-bond donors (Lipinski definition) is 2. The number of hydrogen-bond acceptors (Lipinski definition) is 8. The minimum atomic E-state index is -3.04. The minimum Gasteiger partial charge on any atom is -0.494 e. The molecule has 1 fully saturated rings. The summed E-state index contributed by atoms with van der Waals surface area (Å²) in [6, 6.07) is 4.25. The Kier molecular flexibility index (Phi) is 7.53. The number of H-pyrrole nitrogens is 1. The number of methoxy groups -OCH3 is 1. The fraction of sp³-hybridized carbons (Fsp3) is 0.435. The zero-order chi connectivity index (χ0) is 25.2. The number of benzene rings is 1. The van der Waals surface area contributed by atoms with E-state index >= 15 is 0 Å². The van der Waals surface area contributed by atoms with Crippen LogP contribution in [0.4, 0.5) is 4.39 Å². The first-order valence-electron chi connectivity index (χ1n) is 11.0. The first kappa shape index (κ1) is 25.3. The van der Waals surface area contributed by atoms with E-state index in [0.29, 0.717) is 40.8 Å². The molecule has 0 spiro atoms. The van der Waals surface area contributed by atoms with Gasteiger partial charge in [0.05, 0.1) is 24.4 Å². The number of fused-ring (bicyclic) bond motifs is 1. The highest BCUT2D eigenvalue weighted by atomic mass is 32.2. The molecule has 1 aliphatic rings. The van der Waals surface area contributed by atoms with E-state index in [-0.39, 0.29) is 35.9 Å². The number of aromatic nitrogens is 2. The van der Waals surface area contributed by atoms with Gasteiger partial charge in [0.15, 0.2) is 11.6 Å². The molecule has 4 rings (SSSR count). The van der Waals surface area contributed by atoms with E-state index < -0.39 is 27.1 Å². The second-order valence-electron chi connectivity index (χ2n) is 8.65. The molecule has 2 atom stereocenters. The van der Waals surface area contributed by atoms with Crippen LogP contribution in [0.15, 0.2) is 28.4 Å². The number of thiophene rings is 1. The molecular formula is C23H26FN3O6S2. The van der Waals surface area contributed by atoms with Crippen LogP contribution in [0.2, 0.25) is 0 Å². The molecule has 0 bridgehead atoms. The van der Waals surface area contributed by atoms with Gasteiger partial charge in [-0.3, -0.25) is 9.59 Å². The largest absolute Gasteiger partial charge is 0.494 e. The van der Waals surface area contributed by atoms with Gasteiger partial charge in [-0.05, 0) is 48.3 Å². The number of aromatic amines is 1. The monoisotopic (exact) mass is 523 g/mol. The third-order valence-corrected chi connectivity index (χ3v) is 8.67. The number of rotatable bonds is 9. The molecule has 188 valence electrons. The van der Waals surface area contributed by atoms with Crippen LogP contribution in [0.25, 0.3) is 10.2 Å². The van der Waals surface area contributed by atoms with E-state index in [1.54, 1.807) is 5.38 Å². The number of ether oxygens (including phenoxy) is 2. The summed E-state index contributed by atoms with van der Waals surface area (Å²) < 4.78 is 47.7. The first-order chi connectivity index (χ1) is 16.7. The second-order valence-corrected chi connectivity index (χ2v) is 11.8. The van der Waals surface area contributed by atoms with E-state index in [9.17, 15) is 22.4 Å². The summed E-state index contributed by atoms with van der Waals surface area (Å²) in [5.41, 5.74) is 0.851. The highest BCUT2D eigenvalue weighted by molar-refractivity contribution is 7.91. The van der Waals surface area contributed by atoms with Crippen molar-refractivity contribution >= 4 is 37.3 Å². The molecular weight excluding hydrogens is 497 g/mol. The Balaban J connectivity index is 1.37. The number of halogens is 1. The van der Waals surface area contributed by atoms with Crippen molar-refractivity contribution in [2.45, 2.75) is 37.7 Å². The van der Waals surface area contributed by atoms with Crippen LogP contribution in [-0.4, -0.2) is 49.5 Å². The van der Waals surface area contributed by atoms with Gasteiger partial charge in [-0.15, -0.1) is 11.3 Å². The molecule has 9 nitrogen and oxygen atoms in total. The topological polar surface area (TPSA) is 127 Å². The van der Waals surface area contributed by atoms with Crippen molar-refractivity contribution in [2.24, 2.45) is 5.92 Å². The Morgan fingerprint density at radius 1 is 1.34 bits per heavy atom. The van der Waals surface area contributed by atoms with Gasteiger partial charge < -0.3 is 19.8 Å². The molecule has 2 unspecified atom stereocenters. The van der Waals surface area contributed by atoms with E-state index in [1.807, 2.05) is 0 Å². The Bertz CT molecular complexity index is 1400. The average Bonchev–Trinajstić information content (AvgIpc) is 3.46. The molecule has 2 N–H and O–H groups in total. The summed E-state index contributed by atoms with van der Waals surface area (Å²) in [4.78, 5) is 32.5. The predicted octanol–water partition coefficient (Wildman–Crippen LogP) is 2.79. The first-order valence-corrected chi connectivity index (χ1v) is 13.9. The lowest BCUT2D eigenvalue weighted by Crippen LogP contribution is -2.27. The quantitative estimate of drug-likeness (QED) is 0.441. The van der Waals surface area contributed by atoms with Gasteiger partial charge in [-0.1, -0.05) is 6.07 Å². The highest BCUT2D eigenvalue weighted by Crippen LogP contribution is 2.31. The molecule has 3 aromatic rings. The van der Waals surface area contributed by atoms with Gasteiger partial charge in [-0.25, -0.2) is 17.8 Å². The summed E-state index contributed by atoms with van der Waals surface area (Å²) in [6.07, 6.45) is 3.31. The smallest absolute Gasteiger partial charge is 0.287 e. The highest BCUT2D eigenvalue weighted by Gasteiger charge is 2.31. The average molecular weight is 524 g/mol. The minimum absolute atomic E-state index is 0.0705. The summed E-state index contributed by atoms with van der Waals surface area (Å²) in [5, 5.41) is 4.49. The summed E-state index contributed by atoms with van der Waals surface area (Å²) in [6.45, 7) is 0.716. The van der Waals surface area contributed by atoms with Crippen LogP contribution in [0.5, 0.6) is 5.75 Å². The summed E-state index contributed by atoms with van der Waals surface area (Å²) >= 11 is 1.24. The van der Waals surface area contributed by atoms with Crippen LogP contribution in [-0.2, 0) is 27.7 Å². The lowest BCUT2D eigenvalue weighted by atomic mass is 10.1. The van der Waals surface area contributed by atoms with Crippen molar-refractivity contribution in [3.05, 3.63) is 56.7 Å². The van der Waals surface area contributed by atoms with Crippen molar-refractivity contribution in [2.75, 3.05) is 20.0 Å². The maximum Gasteiger partial charge on any atom is 0.287 e. The number of sulfone groups is 1. The van der Waals surface area contributed by atoms with Crippen LogP contribution in [0.3, 0.4) is 0 Å². The van der Waals surface area contributed by atoms with Gasteiger partial charge in [0, 0.05) is 25.0 Å². The molecule has 0 aliphatic heterocycles. The van der Waals surface area contributed by atoms with Gasteiger partial charge in [0.1, 0.15) is 14.7 Å². The van der Waals surface area contributed by atoms with Crippen LogP contribution >= 0.6 is 11.3 Å². The number of carbonyl (C=O) groups is 1. The van der Waals surface area contributed by atoms with E-state index in [2.05, 4.69) is 15.3 Å². The lowest BCUT2D eigenvalue weighted by Gasteiger charge is -2.11. The standard InChI is InChI=1S/C23H26FN3O6S2/c1-32-18-8-13(4-6-17(18)24)9-25-22(29)20-26-21(28)19-15(12-34-23(19)27-20)11-33-10-14-3-5-16(7-14)35(2,30)31/h4,6,8,12,14,16H,3,5,7,9-11H2,1-2H3,(H,25,29)(H,26,27,28). The molecule has 12 heteroatoms. The Morgan fingerprint density at radius 2 is 2.14 bits per heavy atom. The number of nitrogens with zero attached hydrogens (tertiary/aromatic N) is 1. The van der Waals surface area contributed by atoms with Crippen molar-refractivity contribution in [3.8, 4) is 5.75 Å². The van der Waals surface area contributed by atoms with Gasteiger partial charge in [0.2, 0.25) is 5.82 Å². The van der Waals surface area contributed by atoms with Gasteiger partial charge in [-0.2, -0.15) is 0 Å². The lowest BCUT2D eigenvalue weighted by molar-refractivity contribution is 0.0898. The van der Waals surface area contributed by atoms with Crippen molar-refractivity contribution in [1.29, 1.82) is 0 Å². The molecule has 1 aliphatic carbocycles. The molecule has 1 amide bonds. The maximum atomic E-state index is 13.6. The third-order valence-electron chi connectivity index (χ3n) is 6.11. The van der Waals surface area contributed by atoms with E-state index in [4.69, 9.17) is 9.47 Å². The third kappa shape index (κ3) is 5.88. The Hall–Kier alpha value is -2.83. The molecule has 1 aromatic carbocycles. The molecule has 1 saturated carbocycles. The molecule has 0 radical (unpaired) electrons. The van der Waals surface area contributed by atoms with Crippen molar-refractivity contribution in [1.82, 2.24) is 15.3 Å². The van der Waals surface area contributed by atoms with Crippen molar-refractivity contribution in [3.63, 3.8) is 0 Å².